The van der Waals surface area contributed by atoms with Crippen LogP contribution in [0.3, 0.4) is 0 Å². The highest BCUT2D eigenvalue weighted by molar-refractivity contribution is 7.12. The molecule has 0 spiro atoms. The van der Waals surface area contributed by atoms with Crippen molar-refractivity contribution in [3.63, 3.8) is 0 Å². The molecule has 2 heterocycles. The highest BCUT2D eigenvalue weighted by Gasteiger charge is 2.33. The Kier molecular flexibility index (Phi) is 5.84. The lowest BCUT2D eigenvalue weighted by Crippen LogP contribution is -2.41. The quantitative estimate of drug-likeness (QED) is 0.828. The summed E-state index contributed by atoms with van der Waals surface area (Å²) in [6.07, 6.45) is 1.62. The summed E-state index contributed by atoms with van der Waals surface area (Å²) >= 11 is 1.75. The molecule has 1 aromatic carbocycles. The number of aliphatic carboxylic acids is 1. The minimum atomic E-state index is -0.711. The van der Waals surface area contributed by atoms with Gasteiger partial charge in [-0.1, -0.05) is 0 Å². The Labute approximate surface area is 158 Å². The van der Waals surface area contributed by atoms with Crippen LogP contribution in [0.5, 0.6) is 11.5 Å². The maximum Gasteiger partial charge on any atom is 0.307 e. The number of hydrogen-bond acceptors (Lipinski definition) is 5. The van der Waals surface area contributed by atoms with Crippen molar-refractivity contribution in [3.8, 4) is 11.5 Å². The van der Waals surface area contributed by atoms with E-state index in [1.807, 2.05) is 18.2 Å². The molecule has 3 rings (SSSR count). The van der Waals surface area contributed by atoms with Gasteiger partial charge >= 0.3 is 5.97 Å². The van der Waals surface area contributed by atoms with Crippen LogP contribution in [0, 0.1) is 12.8 Å². The summed E-state index contributed by atoms with van der Waals surface area (Å²) in [4.78, 5) is 16.3. The van der Waals surface area contributed by atoms with E-state index in [1.165, 1.54) is 9.75 Å². The molecule has 1 aromatic heterocycles. The lowest BCUT2D eigenvalue weighted by atomic mass is 9.93. The van der Waals surface area contributed by atoms with E-state index in [0.717, 1.165) is 36.4 Å². The second-order valence-corrected chi connectivity index (χ2v) is 7.95. The summed E-state index contributed by atoms with van der Waals surface area (Å²) in [6, 6.07) is 10.1. The molecule has 0 amide bonds. The maximum absolute atomic E-state index is 11.5. The minimum Gasteiger partial charge on any atom is -0.497 e. The fourth-order valence-electron chi connectivity index (χ4n) is 3.62. The second kappa shape index (κ2) is 8.10. The van der Waals surface area contributed by atoms with Crippen LogP contribution in [0.2, 0.25) is 0 Å². The number of piperidine rings is 1. The molecule has 140 valence electrons. The number of benzene rings is 1. The van der Waals surface area contributed by atoms with Gasteiger partial charge in [-0.25, -0.2) is 0 Å². The lowest BCUT2D eigenvalue weighted by molar-refractivity contribution is -0.143. The van der Waals surface area contributed by atoms with Gasteiger partial charge in [0.2, 0.25) is 0 Å². The monoisotopic (exact) mass is 375 g/mol. The first-order valence-electron chi connectivity index (χ1n) is 8.78. The average Bonchev–Trinajstić information content (AvgIpc) is 3.08. The number of hydrogen-bond donors (Lipinski definition) is 1. The van der Waals surface area contributed by atoms with Gasteiger partial charge in [-0.05, 0) is 50.6 Å². The maximum atomic E-state index is 11.5. The largest absolute Gasteiger partial charge is 0.497 e. The molecule has 5 nitrogen and oxygen atoms in total. The molecule has 2 aromatic rings. The van der Waals surface area contributed by atoms with E-state index in [4.69, 9.17) is 9.47 Å². The molecule has 0 saturated carbocycles. The molecule has 1 aliphatic rings. The fraction of sp³-hybridized carbons (Fsp3) is 0.450. The number of carbonyl (C=O) groups is 1. The van der Waals surface area contributed by atoms with Crippen molar-refractivity contribution in [1.82, 2.24) is 4.90 Å². The predicted octanol–water partition coefficient (Wildman–Crippen LogP) is 3.96. The standard InChI is InChI=1S/C20H25NO4S/c1-13-6-9-18(26-13)19(21-10-4-5-14(12-21)20(22)23)16-8-7-15(24-2)11-17(16)25-3/h6-9,11,14,19H,4-5,10,12H2,1-3H3,(H,22,23). The van der Waals surface area contributed by atoms with Crippen molar-refractivity contribution in [3.05, 3.63) is 45.6 Å². The van der Waals surface area contributed by atoms with Gasteiger partial charge in [0.1, 0.15) is 11.5 Å². The molecule has 1 saturated heterocycles. The Morgan fingerprint density at radius 1 is 1.27 bits per heavy atom. The first-order chi connectivity index (χ1) is 12.5. The first-order valence-corrected chi connectivity index (χ1v) is 9.60. The number of ether oxygens (including phenoxy) is 2. The summed E-state index contributed by atoms with van der Waals surface area (Å²) in [6.45, 7) is 3.51. The van der Waals surface area contributed by atoms with Gasteiger partial charge in [0.25, 0.3) is 0 Å². The van der Waals surface area contributed by atoms with Crippen LogP contribution < -0.4 is 9.47 Å². The minimum absolute atomic E-state index is 0.0169. The van der Waals surface area contributed by atoms with Crippen LogP contribution in [-0.4, -0.2) is 43.3 Å². The Hall–Kier alpha value is -2.05. The van der Waals surface area contributed by atoms with Gasteiger partial charge in [-0.15, -0.1) is 11.3 Å². The molecular weight excluding hydrogens is 350 g/mol. The molecule has 26 heavy (non-hydrogen) atoms. The van der Waals surface area contributed by atoms with Gasteiger partial charge < -0.3 is 14.6 Å². The van der Waals surface area contributed by atoms with Gasteiger partial charge in [-0.3, -0.25) is 9.69 Å². The molecule has 1 fully saturated rings. The number of methoxy groups -OCH3 is 2. The van der Waals surface area contributed by atoms with E-state index < -0.39 is 5.97 Å². The molecule has 2 atom stereocenters. The van der Waals surface area contributed by atoms with E-state index in [2.05, 4.69) is 24.0 Å². The second-order valence-electron chi connectivity index (χ2n) is 6.63. The highest BCUT2D eigenvalue weighted by atomic mass is 32.1. The van der Waals surface area contributed by atoms with E-state index in [1.54, 1.807) is 25.6 Å². The Morgan fingerprint density at radius 3 is 2.69 bits per heavy atom. The molecule has 0 aliphatic carbocycles. The Morgan fingerprint density at radius 2 is 2.08 bits per heavy atom. The van der Waals surface area contributed by atoms with Crippen molar-refractivity contribution in [1.29, 1.82) is 0 Å². The molecule has 1 aliphatic heterocycles. The van der Waals surface area contributed by atoms with Gasteiger partial charge in [-0.2, -0.15) is 0 Å². The summed E-state index contributed by atoms with van der Waals surface area (Å²) in [5.41, 5.74) is 1.04. The molecule has 2 unspecified atom stereocenters. The van der Waals surface area contributed by atoms with Crippen LogP contribution in [0.4, 0.5) is 0 Å². The third-order valence-electron chi connectivity index (χ3n) is 4.93. The van der Waals surface area contributed by atoms with Crippen LogP contribution in [0.15, 0.2) is 30.3 Å². The zero-order valence-electron chi connectivity index (χ0n) is 15.4. The van der Waals surface area contributed by atoms with E-state index in [9.17, 15) is 9.90 Å². The van der Waals surface area contributed by atoms with Gasteiger partial charge in [0.15, 0.2) is 0 Å². The molecular formula is C20H25NO4S. The highest BCUT2D eigenvalue weighted by Crippen LogP contribution is 2.41. The van der Waals surface area contributed by atoms with Crippen LogP contribution in [0.1, 0.15) is 34.2 Å². The zero-order chi connectivity index (χ0) is 18.7. The fourth-order valence-corrected chi connectivity index (χ4v) is 4.65. The normalized spacial score (nSPS) is 19.1. The molecule has 0 radical (unpaired) electrons. The Balaban J connectivity index is 2.03. The smallest absolute Gasteiger partial charge is 0.307 e. The van der Waals surface area contributed by atoms with E-state index in [0.29, 0.717) is 6.54 Å². The number of likely N-dealkylation sites (tertiary alicyclic amines) is 1. The van der Waals surface area contributed by atoms with Crippen molar-refractivity contribution in [2.75, 3.05) is 27.3 Å². The van der Waals surface area contributed by atoms with Crippen molar-refractivity contribution < 1.29 is 19.4 Å². The number of nitrogens with zero attached hydrogens (tertiary/aromatic N) is 1. The number of rotatable bonds is 6. The summed E-state index contributed by atoms with van der Waals surface area (Å²) in [5.74, 6) is 0.473. The van der Waals surface area contributed by atoms with E-state index >= 15 is 0 Å². The van der Waals surface area contributed by atoms with Gasteiger partial charge in [0.05, 0.1) is 26.2 Å². The third kappa shape index (κ3) is 3.86. The first kappa shape index (κ1) is 18.7. The summed E-state index contributed by atoms with van der Waals surface area (Å²) < 4.78 is 11.0. The Bertz CT molecular complexity index is 773. The van der Waals surface area contributed by atoms with E-state index in [-0.39, 0.29) is 12.0 Å². The van der Waals surface area contributed by atoms with Crippen LogP contribution in [0.25, 0.3) is 0 Å². The van der Waals surface area contributed by atoms with Crippen LogP contribution in [-0.2, 0) is 4.79 Å². The lowest BCUT2D eigenvalue weighted by Gasteiger charge is -2.37. The van der Waals surface area contributed by atoms with Crippen molar-refractivity contribution in [2.45, 2.75) is 25.8 Å². The zero-order valence-corrected chi connectivity index (χ0v) is 16.2. The molecule has 0 bridgehead atoms. The van der Waals surface area contributed by atoms with Crippen LogP contribution >= 0.6 is 11.3 Å². The summed E-state index contributed by atoms with van der Waals surface area (Å²) in [7, 11) is 3.29. The third-order valence-corrected chi connectivity index (χ3v) is 5.99. The predicted molar refractivity (Wildman–Crippen MR) is 102 cm³/mol. The number of carboxylic acid groups (broad SMARTS) is 1. The molecule has 1 N–H and O–H groups in total. The topological polar surface area (TPSA) is 59.0 Å². The average molecular weight is 375 g/mol. The van der Waals surface area contributed by atoms with Crippen molar-refractivity contribution in [2.24, 2.45) is 5.92 Å². The molecule has 6 heteroatoms. The van der Waals surface area contributed by atoms with Gasteiger partial charge in [0, 0.05) is 27.9 Å². The number of aryl methyl sites for hydroxylation is 1. The number of thiophene rings is 1. The summed E-state index contributed by atoms with van der Waals surface area (Å²) in [5, 5.41) is 9.49. The number of carboxylic acids is 1. The van der Waals surface area contributed by atoms with Crippen molar-refractivity contribution >= 4 is 17.3 Å². The SMILES string of the molecule is COc1ccc(C(c2ccc(C)s2)N2CCCC(C(=O)O)C2)c(OC)c1.